The third kappa shape index (κ3) is 0.777. The minimum Gasteiger partial charge on any atom is -0.496 e. The monoisotopic (exact) mass is 166 g/mol. The summed E-state index contributed by atoms with van der Waals surface area (Å²) in [6.45, 7) is 0. The van der Waals surface area contributed by atoms with Crippen LogP contribution in [-0.2, 0) is 0 Å². The maximum atomic E-state index is 9.35. The second-order valence-electron chi connectivity index (χ2n) is 2.85. The zero-order valence-corrected chi connectivity index (χ0v) is 6.69. The summed E-state index contributed by atoms with van der Waals surface area (Å²) < 4.78 is 5.02. The molecule has 0 saturated carbocycles. The van der Waals surface area contributed by atoms with Gasteiger partial charge in [0.2, 0.25) is 0 Å². The molecule has 0 fully saturated rings. The Bertz CT molecular complexity index is 294. The lowest BCUT2D eigenvalue weighted by Gasteiger charge is -2.33. The highest BCUT2D eigenvalue weighted by Gasteiger charge is 2.37. The lowest BCUT2D eigenvalue weighted by Crippen LogP contribution is -2.24. The molecule has 2 N–H and O–H groups in total. The van der Waals surface area contributed by atoms with E-state index in [1.165, 1.54) is 0 Å². The third-order valence-corrected chi connectivity index (χ3v) is 2.23. The predicted octanol–water partition coefficient (Wildman–Crippen LogP) is 0.776. The fourth-order valence-corrected chi connectivity index (χ4v) is 1.55. The second kappa shape index (κ2) is 2.47. The van der Waals surface area contributed by atoms with E-state index >= 15 is 0 Å². The standard InChI is InChI=1S/C9H10O3/c1-12-6-4-2-3-5-7(6)9(11)8(5)10/h2-4,8-11H,1H3/t8-,9+/m0/s1. The summed E-state index contributed by atoms with van der Waals surface area (Å²) >= 11 is 0. The predicted molar refractivity (Wildman–Crippen MR) is 42.9 cm³/mol. The van der Waals surface area contributed by atoms with Gasteiger partial charge in [0.15, 0.2) is 0 Å². The van der Waals surface area contributed by atoms with Gasteiger partial charge in [0.05, 0.1) is 7.11 Å². The average Bonchev–Trinajstić information content (AvgIpc) is 2.15. The highest BCUT2D eigenvalue weighted by Crippen LogP contribution is 2.47. The first-order valence-corrected chi connectivity index (χ1v) is 3.78. The van der Waals surface area contributed by atoms with E-state index in [4.69, 9.17) is 4.74 Å². The molecule has 1 aromatic rings. The molecule has 0 aliphatic heterocycles. The Morgan fingerprint density at radius 1 is 1.25 bits per heavy atom. The van der Waals surface area contributed by atoms with Crippen LogP contribution in [0.5, 0.6) is 5.75 Å². The van der Waals surface area contributed by atoms with Crippen LogP contribution in [-0.4, -0.2) is 17.3 Å². The molecule has 1 aliphatic rings. The second-order valence-corrected chi connectivity index (χ2v) is 2.85. The number of benzene rings is 1. The van der Waals surface area contributed by atoms with Crippen LogP contribution < -0.4 is 4.74 Å². The molecule has 64 valence electrons. The number of aliphatic hydroxyl groups is 2. The van der Waals surface area contributed by atoms with Crippen molar-refractivity contribution in [3.63, 3.8) is 0 Å². The van der Waals surface area contributed by atoms with Crippen molar-refractivity contribution in [1.82, 2.24) is 0 Å². The highest BCUT2D eigenvalue weighted by molar-refractivity contribution is 5.50. The van der Waals surface area contributed by atoms with Gasteiger partial charge < -0.3 is 14.9 Å². The number of methoxy groups -OCH3 is 1. The molecule has 0 aromatic heterocycles. The summed E-state index contributed by atoms with van der Waals surface area (Å²) in [5.74, 6) is 0.644. The molecule has 0 saturated heterocycles. The van der Waals surface area contributed by atoms with Crippen molar-refractivity contribution in [2.24, 2.45) is 0 Å². The number of rotatable bonds is 1. The zero-order valence-electron chi connectivity index (χ0n) is 6.69. The fraction of sp³-hybridized carbons (Fsp3) is 0.333. The zero-order chi connectivity index (χ0) is 8.72. The van der Waals surface area contributed by atoms with Gasteiger partial charge in [-0.05, 0) is 11.6 Å². The van der Waals surface area contributed by atoms with Gasteiger partial charge in [-0.1, -0.05) is 12.1 Å². The Kier molecular flexibility index (Phi) is 1.56. The molecule has 0 amide bonds. The van der Waals surface area contributed by atoms with Crippen LogP contribution in [0, 0.1) is 0 Å². The molecule has 0 heterocycles. The van der Waals surface area contributed by atoms with E-state index in [2.05, 4.69) is 0 Å². The fourth-order valence-electron chi connectivity index (χ4n) is 1.55. The quantitative estimate of drug-likeness (QED) is 0.648. The molecular formula is C9H10O3. The summed E-state index contributed by atoms with van der Waals surface area (Å²) in [5.41, 5.74) is 1.48. The van der Waals surface area contributed by atoms with E-state index in [0.29, 0.717) is 11.3 Å². The summed E-state index contributed by atoms with van der Waals surface area (Å²) in [6, 6.07) is 5.36. The third-order valence-electron chi connectivity index (χ3n) is 2.23. The van der Waals surface area contributed by atoms with Crippen LogP contribution in [0.15, 0.2) is 18.2 Å². The number of aliphatic hydroxyl groups excluding tert-OH is 2. The largest absolute Gasteiger partial charge is 0.496 e. The number of hydrogen-bond acceptors (Lipinski definition) is 3. The van der Waals surface area contributed by atoms with Gasteiger partial charge in [-0.15, -0.1) is 0 Å². The van der Waals surface area contributed by atoms with Crippen LogP contribution in [0.4, 0.5) is 0 Å². The summed E-state index contributed by atoms with van der Waals surface area (Å²) in [5, 5.41) is 18.6. The van der Waals surface area contributed by atoms with Crippen molar-refractivity contribution in [2.45, 2.75) is 12.2 Å². The molecule has 3 nitrogen and oxygen atoms in total. The molecule has 2 atom stereocenters. The Balaban J connectivity index is 2.51. The van der Waals surface area contributed by atoms with Crippen LogP contribution in [0.2, 0.25) is 0 Å². The molecule has 1 aromatic carbocycles. The molecule has 0 spiro atoms. The first-order chi connectivity index (χ1) is 5.75. The van der Waals surface area contributed by atoms with Crippen molar-refractivity contribution in [1.29, 1.82) is 0 Å². The van der Waals surface area contributed by atoms with Crippen molar-refractivity contribution in [3.05, 3.63) is 29.3 Å². The molecule has 0 bridgehead atoms. The minimum absolute atomic E-state index is 0.644. The SMILES string of the molecule is COc1cccc2c1[C@@H](O)[C@H]2O. The lowest BCUT2D eigenvalue weighted by molar-refractivity contribution is -0.0148. The van der Waals surface area contributed by atoms with E-state index in [0.717, 1.165) is 5.56 Å². The Morgan fingerprint density at radius 3 is 2.67 bits per heavy atom. The molecule has 0 unspecified atom stereocenters. The van der Waals surface area contributed by atoms with Gasteiger partial charge in [0.1, 0.15) is 18.0 Å². The van der Waals surface area contributed by atoms with Crippen LogP contribution in [0.3, 0.4) is 0 Å². The molecule has 3 heteroatoms. The summed E-state index contributed by atoms with van der Waals surface area (Å²) in [7, 11) is 1.55. The van der Waals surface area contributed by atoms with Crippen molar-refractivity contribution in [3.8, 4) is 5.75 Å². The van der Waals surface area contributed by atoms with Gasteiger partial charge in [0, 0.05) is 5.56 Å². The van der Waals surface area contributed by atoms with E-state index in [-0.39, 0.29) is 0 Å². The number of fused-ring (bicyclic) bond motifs is 1. The number of hydrogen-bond donors (Lipinski definition) is 2. The molecule has 0 radical (unpaired) electrons. The van der Waals surface area contributed by atoms with Gasteiger partial charge in [-0.3, -0.25) is 0 Å². The maximum Gasteiger partial charge on any atom is 0.125 e. The summed E-state index contributed by atoms with van der Waals surface area (Å²) in [6.07, 6.45) is -1.52. The first-order valence-electron chi connectivity index (χ1n) is 3.78. The summed E-state index contributed by atoms with van der Waals surface area (Å²) in [4.78, 5) is 0. The van der Waals surface area contributed by atoms with Gasteiger partial charge in [0.25, 0.3) is 0 Å². The first kappa shape index (κ1) is 7.58. The highest BCUT2D eigenvalue weighted by atomic mass is 16.5. The van der Waals surface area contributed by atoms with Gasteiger partial charge in [-0.2, -0.15) is 0 Å². The Hall–Kier alpha value is -1.06. The van der Waals surface area contributed by atoms with E-state index in [9.17, 15) is 10.2 Å². The Morgan fingerprint density at radius 2 is 2.00 bits per heavy atom. The molecule has 1 aliphatic carbocycles. The van der Waals surface area contributed by atoms with Crippen molar-refractivity contribution in [2.75, 3.05) is 7.11 Å². The normalized spacial score (nSPS) is 25.9. The lowest BCUT2D eigenvalue weighted by atomic mass is 9.82. The molecule has 12 heavy (non-hydrogen) atoms. The number of ether oxygens (including phenoxy) is 1. The van der Waals surface area contributed by atoms with Crippen molar-refractivity contribution >= 4 is 0 Å². The van der Waals surface area contributed by atoms with Gasteiger partial charge >= 0.3 is 0 Å². The van der Waals surface area contributed by atoms with E-state index in [1.807, 2.05) is 0 Å². The Labute approximate surface area is 70.2 Å². The molecular weight excluding hydrogens is 156 g/mol. The van der Waals surface area contributed by atoms with Crippen molar-refractivity contribution < 1.29 is 14.9 Å². The van der Waals surface area contributed by atoms with Crippen LogP contribution in [0.25, 0.3) is 0 Å². The minimum atomic E-state index is -0.781. The van der Waals surface area contributed by atoms with Gasteiger partial charge in [-0.25, -0.2) is 0 Å². The smallest absolute Gasteiger partial charge is 0.125 e. The van der Waals surface area contributed by atoms with E-state index in [1.54, 1.807) is 25.3 Å². The molecule has 2 rings (SSSR count). The average molecular weight is 166 g/mol. The maximum absolute atomic E-state index is 9.35. The topological polar surface area (TPSA) is 49.7 Å². The van der Waals surface area contributed by atoms with E-state index < -0.39 is 12.2 Å². The van der Waals surface area contributed by atoms with Crippen LogP contribution >= 0.6 is 0 Å². The van der Waals surface area contributed by atoms with Crippen LogP contribution in [0.1, 0.15) is 23.3 Å².